The third-order valence-corrected chi connectivity index (χ3v) is 4.04. The molecule has 124 valence electrons. The van der Waals surface area contributed by atoms with Crippen LogP contribution in [-0.2, 0) is 6.42 Å². The van der Waals surface area contributed by atoms with Gasteiger partial charge in [-0.05, 0) is 36.2 Å². The molecule has 5 nitrogen and oxygen atoms in total. The Morgan fingerprint density at radius 3 is 2.62 bits per heavy atom. The minimum atomic E-state index is -0.727. The Kier molecular flexibility index (Phi) is 4.93. The molecule has 0 aliphatic heterocycles. The Labute approximate surface area is 139 Å². The molecular formula is C19H20N2O3. The molecule has 0 saturated carbocycles. The van der Waals surface area contributed by atoms with E-state index in [9.17, 15) is 15.0 Å². The summed E-state index contributed by atoms with van der Waals surface area (Å²) in [5.74, 6) is -0.00399. The first-order valence-corrected chi connectivity index (χ1v) is 7.93. The van der Waals surface area contributed by atoms with Crippen molar-refractivity contribution >= 4 is 10.9 Å². The van der Waals surface area contributed by atoms with Crippen molar-refractivity contribution in [3.63, 3.8) is 0 Å². The average Bonchev–Trinajstić information content (AvgIpc) is 2.60. The fraction of sp³-hybridized carbons (Fsp3) is 0.211. The maximum Gasteiger partial charge on any atom is 0.248 e. The van der Waals surface area contributed by atoms with Crippen LogP contribution in [0.1, 0.15) is 17.2 Å². The van der Waals surface area contributed by atoms with Crippen LogP contribution in [-0.4, -0.2) is 28.3 Å². The predicted octanol–water partition coefficient (Wildman–Crippen LogP) is 2.10. The van der Waals surface area contributed by atoms with E-state index in [2.05, 4.69) is 22.4 Å². The van der Waals surface area contributed by atoms with Gasteiger partial charge in [0.15, 0.2) is 0 Å². The summed E-state index contributed by atoms with van der Waals surface area (Å²) in [6, 6.07) is 16.3. The topological polar surface area (TPSA) is 85.3 Å². The minimum absolute atomic E-state index is 0.00399. The molecule has 3 rings (SSSR count). The Balaban J connectivity index is 1.67. The van der Waals surface area contributed by atoms with Crippen molar-refractivity contribution in [1.82, 2.24) is 10.3 Å². The molecule has 24 heavy (non-hydrogen) atoms. The SMILES string of the molecule is O=c1ccc2c(C(O)CNCCc3ccccc3)ccc(O)c2[nH]1. The Morgan fingerprint density at radius 2 is 1.83 bits per heavy atom. The smallest absolute Gasteiger partial charge is 0.248 e. The number of hydrogen-bond donors (Lipinski definition) is 4. The summed E-state index contributed by atoms with van der Waals surface area (Å²) in [5.41, 5.74) is 1.98. The van der Waals surface area contributed by atoms with E-state index < -0.39 is 6.10 Å². The lowest BCUT2D eigenvalue weighted by Gasteiger charge is -2.15. The number of H-pyrrole nitrogens is 1. The highest BCUT2D eigenvalue weighted by Crippen LogP contribution is 2.28. The summed E-state index contributed by atoms with van der Waals surface area (Å²) >= 11 is 0. The number of aromatic nitrogens is 1. The molecule has 2 aromatic carbocycles. The summed E-state index contributed by atoms with van der Waals surface area (Å²) < 4.78 is 0. The molecule has 0 aliphatic carbocycles. The van der Waals surface area contributed by atoms with Crippen LogP contribution >= 0.6 is 0 Å². The van der Waals surface area contributed by atoms with Crippen LogP contribution in [0.2, 0.25) is 0 Å². The Morgan fingerprint density at radius 1 is 1.04 bits per heavy atom. The van der Waals surface area contributed by atoms with Gasteiger partial charge in [0.25, 0.3) is 0 Å². The van der Waals surface area contributed by atoms with E-state index in [1.165, 1.54) is 17.7 Å². The van der Waals surface area contributed by atoms with E-state index in [0.717, 1.165) is 13.0 Å². The predicted molar refractivity (Wildman–Crippen MR) is 94.2 cm³/mol. The Bertz CT molecular complexity index is 875. The highest BCUT2D eigenvalue weighted by molar-refractivity contribution is 5.87. The molecule has 1 atom stereocenters. The number of pyridine rings is 1. The van der Waals surface area contributed by atoms with Gasteiger partial charge in [0, 0.05) is 18.0 Å². The first-order chi connectivity index (χ1) is 11.6. The average molecular weight is 324 g/mol. The van der Waals surface area contributed by atoms with Crippen molar-refractivity contribution in [2.24, 2.45) is 0 Å². The first-order valence-electron chi connectivity index (χ1n) is 7.93. The van der Waals surface area contributed by atoms with Crippen molar-refractivity contribution in [2.45, 2.75) is 12.5 Å². The van der Waals surface area contributed by atoms with Crippen LogP contribution in [0.4, 0.5) is 0 Å². The summed E-state index contributed by atoms with van der Waals surface area (Å²) in [6.45, 7) is 1.15. The van der Waals surface area contributed by atoms with Crippen LogP contribution in [0.25, 0.3) is 10.9 Å². The first kappa shape index (κ1) is 16.2. The second-order valence-electron chi connectivity index (χ2n) is 5.74. The molecule has 0 saturated heterocycles. The molecule has 0 fully saturated rings. The summed E-state index contributed by atoms with van der Waals surface area (Å²) in [6.07, 6.45) is 0.159. The van der Waals surface area contributed by atoms with Crippen molar-refractivity contribution in [3.05, 3.63) is 76.1 Å². The highest BCUT2D eigenvalue weighted by atomic mass is 16.3. The van der Waals surface area contributed by atoms with Gasteiger partial charge in [-0.15, -0.1) is 0 Å². The number of aromatic hydroxyl groups is 1. The lowest BCUT2D eigenvalue weighted by Crippen LogP contribution is -2.24. The minimum Gasteiger partial charge on any atom is -0.506 e. The monoisotopic (exact) mass is 324 g/mol. The molecule has 0 amide bonds. The molecule has 0 bridgehead atoms. The van der Waals surface area contributed by atoms with E-state index in [1.54, 1.807) is 12.1 Å². The van der Waals surface area contributed by atoms with Gasteiger partial charge in [-0.3, -0.25) is 4.79 Å². The number of phenols is 1. The van der Waals surface area contributed by atoms with Crippen molar-refractivity contribution in [1.29, 1.82) is 0 Å². The second kappa shape index (κ2) is 7.29. The molecule has 1 heterocycles. The standard InChI is InChI=1S/C19H20N2O3/c22-16-8-6-14(15-7-9-18(24)21-19(15)16)17(23)12-20-11-10-13-4-2-1-3-5-13/h1-9,17,20,22-23H,10-12H2,(H,21,24). The molecule has 0 spiro atoms. The van der Waals surface area contributed by atoms with Crippen LogP contribution < -0.4 is 10.9 Å². The Hall–Kier alpha value is -2.63. The lowest BCUT2D eigenvalue weighted by molar-refractivity contribution is 0.176. The maximum atomic E-state index is 11.4. The van der Waals surface area contributed by atoms with Crippen LogP contribution in [0, 0.1) is 0 Å². The number of benzene rings is 2. The second-order valence-corrected chi connectivity index (χ2v) is 5.74. The molecule has 0 radical (unpaired) electrons. The fourth-order valence-electron chi connectivity index (χ4n) is 2.78. The van der Waals surface area contributed by atoms with Crippen LogP contribution in [0.3, 0.4) is 0 Å². The number of nitrogens with one attached hydrogen (secondary N) is 2. The van der Waals surface area contributed by atoms with E-state index >= 15 is 0 Å². The summed E-state index contributed by atoms with van der Waals surface area (Å²) in [4.78, 5) is 14.0. The molecule has 5 heteroatoms. The van der Waals surface area contributed by atoms with E-state index in [1.807, 2.05) is 18.2 Å². The van der Waals surface area contributed by atoms with Gasteiger partial charge in [-0.1, -0.05) is 36.4 Å². The number of aromatic amines is 1. The number of rotatable bonds is 6. The number of aliphatic hydroxyl groups is 1. The van der Waals surface area contributed by atoms with E-state index in [-0.39, 0.29) is 11.3 Å². The molecule has 3 aromatic rings. The quantitative estimate of drug-likeness (QED) is 0.523. The largest absolute Gasteiger partial charge is 0.506 e. The number of fused-ring (bicyclic) bond motifs is 1. The van der Waals surface area contributed by atoms with Gasteiger partial charge in [0.2, 0.25) is 5.56 Å². The van der Waals surface area contributed by atoms with Crippen molar-refractivity contribution < 1.29 is 10.2 Å². The van der Waals surface area contributed by atoms with Crippen LogP contribution in [0.5, 0.6) is 5.75 Å². The number of hydrogen-bond acceptors (Lipinski definition) is 4. The van der Waals surface area contributed by atoms with Gasteiger partial charge in [-0.25, -0.2) is 0 Å². The zero-order valence-corrected chi connectivity index (χ0v) is 13.2. The molecule has 4 N–H and O–H groups in total. The van der Waals surface area contributed by atoms with Crippen molar-refractivity contribution in [2.75, 3.05) is 13.1 Å². The van der Waals surface area contributed by atoms with E-state index in [0.29, 0.717) is 23.0 Å². The van der Waals surface area contributed by atoms with Gasteiger partial charge in [-0.2, -0.15) is 0 Å². The fourth-order valence-corrected chi connectivity index (χ4v) is 2.78. The third kappa shape index (κ3) is 3.64. The summed E-state index contributed by atoms with van der Waals surface area (Å²) in [7, 11) is 0. The number of aliphatic hydroxyl groups excluding tert-OH is 1. The van der Waals surface area contributed by atoms with Gasteiger partial charge < -0.3 is 20.5 Å². The molecule has 1 unspecified atom stereocenters. The van der Waals surface area contributed by atoms with Crippen molar-refractivity contribution in [3.8, 4) is 5.75 Å². The number of phenolic OH excluding ortho intramolecular Hbond substituents is 1. The molecular weight excluding hydrogens is 304 g/mol. The summed E-state index contributed by atoms with van der Waals surface area (Å²) in [5, 5.41) is 24.2. The maximum absolute atomic E-state index is 11.4. The lowest BCUT2D eigenvalue weighted by atomic mass is 10.0. The molecule has 1 aromatic heterocycles. The zero-order valence-electron chi connectivity index (χ0n) is 13.2. The highest BCUT2D eigenvalue weighted by Gasteiger charge is 2.13. The van der Waals surface area contributed by atoms with Crippen LogP contribution in [0.15, 0.2) is 59.4 Å². The van der Waals surface area contributed by atoms with E-state index in [4.69, 9.17) is 0 Å². The zero-order chi connectivity index (χ0) is 16.9. The normalized spacial score (nSPS) is 12.4. The third-order valence-electron chi connectivity index (χ3n) is 4.04. The molecule has 0 aliphatic rings. The van der Waals surface area contributed by atoms with Gasteiger partial charge in [0.1, 0.15) is 5.75 Å². The van der Waals surface area contributed by atoms with Gasteiger partial charge in [0.05, 0.1) is 11.6 Å². The van der Waals surface area contributed by atoms with Gasteiger partial charge >= 0.3 is 0 Å².